The van der Waals surface area contributed by atoms with Gasteiger partial charge in [-0.05, 0) is 43.4 Å². The molecule has 112 valence electrons. The van der Waals surface area contributed by atoms with E-state index in [1.807, 2.05) is 0 Å². The maximum atomic E-state index is 3.48. The van der Waals surface area contributed by atoms with Gasteiger partial charge in [0.05, 0.1) is 0 Å². The van der Waals surface area contributed by atoms with Crippen molar-refractivity contribution < 1.29 is 0 Å². The van der Waals surface area contributed by atoms with E-state index in [4.69, 9.17) is 0 Å². The Morgan fingerprint density at radius 2 is 1.80 bits per heavy atom. The first-order valence-electron chi connectivity index (χ1n) is 8.06. The fourth-order valence-electron chi connectivity index (χ4n) is 2.99. The molecule has 0 amide bonds. The second-order valence-electron chi connectivity index (χ2n) is 6.42. The van der Waals surface area contributed by atoms with E-state index in [0.29, 0.717) is 6.04 Å². The Bertz CT molecular complexity index is 379. The Hall–Kier alpha value is -0.470. The van der Waals surface area contributed by atoms with Crippen LogP contribution in [-0.4, -0.2) is 18.1 Å². The SMILES string of the molecule is CNC(CSC1CCCC1)c1ccc(CC(C)C)cc1. The van der Waals surface area contributed by atoms with Crippen LogP contribution in [0.3, 0.4) is 0 Å². The highest BCUT2D eigenvalue weighted by molar-refractivity contribution is 7.99. The average molecular weight is 292 g/mol. The van der Waals surface area contributed by atoms with Gasteiger partial charge in [0.1, 0.15) is 0 Å². The van der Waals surface area contributed by atoms with Gasteiger partial charge in [-0.25, -0.2) is 0 Å². The Morgan fingerprint density at radius 1 is 1.15 bits per heavy atom. The quantitative estimate of drug-likeness (QED) is 0.773. The number of hydrogen-bond donors (Lipinski definition) is 1. The summed E-state index contributed by atoms with van der Waals surface area (Å²) in [6.07, 6.45) is 6.90. The monoisotopic (exact) mass is 291 g/mol. The highest BCUT2D eigenvalue weighted by Crippen LogP contribution is 2.32. The van der Waals surface area contributed by atoms with E-state index in [2.05, 4.69) is 62.2 Å². The molecule has 1 unspecified atom stereocenters. The largest absolute Gasteiger partial charge is 0.312 e. The van der Waals surface area contributed by atoms with Crippen molar-refractivity contribution in [1.29, 1.82) is 0 Å². The fourth-order valence-corrected chi connectivity index (χ4v) is 4.48. The van der Waals surface area contributed by atoms with Crippen molar-refractivity contribution in [1.82, 2.24) is 5.32 Å². The first-order chi connectivity index (χ1) is 9.69. The lowest BCUT2D eigenvalue weighted by molar-refractivity contribution is 0.643. The summed E-state index contributed by atoms with van der Waals surface area (Å²) in [6, 6.07) is 9.73. The van der Waals surface area contributed by atoms with Crippen molar-refractivity contribution in [3.05, 3.63) is 35.4 Å². The van der Waals surface area contributed by atoms with Gasteiger partial charge in [0.25, 0.3) is 0 Å². The fraction of sp³-hybridized carbons (Fsp3) is 0.667. The second kappa shape index (κ2) is 8.09. The van der Waals surface area contributed by atoms with Crippen molar-refractivity contribution in [2.75, 3.05) is 12.8 Å². The molecule has 1 aromatic carbocycles. The van der Waals surface area contributed by atoms with Crippen LogP contribution < -0.4 is 5.32 Å². The molecule has 1 saturated carbocycles. The topological polar surface area (TPSA) is 12.0 Å². The summed E-state index contributed by atoms with van der Waals surface area (Å²) >= 11 is 2.16. The predicted molar refractivity (Wildman–Crippen MR) is 91.5 cm³/mol. The van der Waals surface area contributed by atoms with Gasteiger partial charge < -0.3 is 5.32 Å². The Morgan fingerprint density at radius 3 is 2.35 bits per heavy atom. The van der Waals surface area contributed by atoms with Crippen molar-refractivity contribution in [2.45, 2.75) is 57.2 Å². The number of hydrogen-bond acceptors (Lipinski definition) is 2. The number of benzene rings is 1. The molecular weight excluding hydrogens is 262 g/mol. The molecule has 1 fully saturated rings. The van der Waals surface area contributed by atoms with Crippen LogP contribution >= 0.6 is 11.8 Å². The van der Waals surface area contributed by atoms with Gasteiger partial charge >= 0.3 is 0 Å². The van der Waals surface area contributed by atoms with Crippen LogP contribution in [0.4, 0.5) is 0 Å². The molecule has 1 N–H and O–H groups in total. The summed E-state index contributed by atoms with van der Waals surface area (Å²) in [6.45, 7) is 4.56. The van der Waals surface area contributed by atoms with Crippen LogP contribution in [0.15, 0.2) is 24.3 Å². The maximum Gasteiger partial charge on any atom is 0.0409 e. The molecule has 1 aliphatic carbocycles. The highest BCUT2D eigenvalue weighted by Gasteiger charge is 2.18. The Kier molecular flexibility index (Phi) is 6.44. The van der Waals surface area contributed by atoms with Gasteiger partial charge in [-0.3, -0.25) is 0 Å². The van der Waals surface area contributed by atoms with E-state index in [-0.39, 0.29) is 0 Å². The van der Waals surface area contributed by atoms with Crippen LogP contribution in [-0.2, 0) is 6.42 Å². The average Bonchev–Trinajstić information content (AvgIpc) is 2.94. The van der Waals surface area contributed by atoms with Gasteiger partial charge in [0, 0.05) is 17.0 Å². The van der Waals surface area contributed by atoms with Gasteiger partial charge in [-0.1, -0.05) is 51.0 Å². The molecule has 0 spiro atoms. The van der Waals surface area contributed by atoms with Crippen LogP contribution in [0, 0.1) is 5.92 Å². The minimum atomic E-state index is 0.494. The second-order valence-corrected chi connectivity index (χ2v) is 7.75. The van der Waals surface area contributed by atoms with Crippen LogP contribution in [0.25, 0.3) is 0 Å². The minimum Gasteiger partial charge on any atom is -0.312 e. The van der Waals surface area contributed by atoms with Gasteiger partial charge in [0.2, 0.25) is 0 Å². The molecule has 20 heavy (non-hydrogen) atoms. The number of rotatable bonds is 7. The normalized spacial score (nSPS) is 17.8. The lowest BCUT2D eigenvalue weighted by Crippen LogP contribution is -2.19. The smallest absolute Gasteiger partial charge is 0.0409 e. The molecule has 1 aliphatic rings. The number of nitrogens with one attached hydrogen (secondary N) is 1. The summed E-state index contributed by atoms with van der Waals surface area (Å²) in [4.78, 5) is 0. The van der Waals surface area contributed by atoms with E-state index in [9.17, 15) is 0 Å². The van der Waals surface area contributed by atoms with Gasteiger partial charge in [-0.15, -0.1) is 0 Å². The molecule has 0 aromatic heterocycles. The first-order valence-corrected chi connectivity index (χ1v) is 9.11. The van der Waals surface area contributed by atoms with Crippen LogP contribution in [0.2, 0.25) is 0 Å². The molecule has 0 saturated heterocycles. The van der Waals surface area contributed by atoms with Gasteiger partial charge in [0.15, 0.2) is 0 Å². The van der Waals surface area contributed by atoms with E-state index < -0.39 is 0 Å². The maximum absolute atomic E-state index is 3.48. The van der Waals surface area contributed by atoms with Crippen molar-refractivity contribution >= 4 is 11.8 Å². The Balaban J connectivity index is 1.89. The molecule has 0 bridgehead atoms. The molecule has 2 rings (SSSR count). The van der Waals surface area contributed by atoms with Crippen molar-refractivity contribution in [2.24, 2.45) is 5.92 Å². The molecule has 0 heterocycles. The lowest BCUT2D eigenvalue weighted by atomic mass is 10.00. The molecule has 1 aromatic rings. The van der Waals surface area contributed by atoms with Crippen molar-refractivity contribution in [3.8, 4) is 0 Å². The molecular formula is C18H29NS. The molecule has 0 radical (unpaired) electrons. The van der Waals surface area contributed by atoms with E-state index in [0.717, 1.165) is 11.2 Å². The molecule has 2 heteroatoms. The minimum absolute atomic E-state index is 0.494. The standard InChI is InChI=1S/C18H29NS/c1-14(2)12-15-8-10-16(11-9-15)18(19-3)13-20-17-6-4-5-7-17/h8-11,14,17-19H,4-7,12-13H2,1-3H3. The summed E-state index contributed by atoms with van der Waals surface area (Å²) < 4.78 is 0. The third-order valence-corrected chi connectivity index (χ3v) is 5.64. The van der Waals surface area contributed by atoms with Crippen LogP contribution in [0.1, 0.15) is 56.7 Å². The predicted octanol–water partition coefficient (Wildman–Crippen LogP) is 4.82. The summed E-state index contributed by atoms with van der Waals surface area (Å²) in [5.41, 5.74) is 2.90. The molecule has 0 aliphatic heterocycles. The number of thioether (sulfide) groups is 1. The summed E-state index contributed by atoms with van der Waals surface area (Å²) in [5.74, 6) is 1.93. The summed E-state index contributed by atoms with van der Waals surface area (Å²) in [5, 5.41) is 4.39. The first kappa shape index (κ1) is 15.9. The van der Waals surface area contributed by atoms with E-state index >= 15 is 0 Å². The van der Waals surface area contributed by atoms with E-state index in [1.165, 1.54) is 49.0 Å². The highest BCUT2D eigenvalue weighted by atomic mass is 32.2. The zero-order chi connectivity index (χ0) is 14.4. The summed E-state index contributed by atoms with van der Waals surface area (Å²) in [7, 11) is 2.09. The Labute approximate surface area is 128 Å². The zero-order valence-electron chi connectivity index (χ0n) is 13.2. The third kappa shape index (κ3) is 4.82. The lowest BCUT2D eigenvalue weighted by Gasteiger charge is -2.19. The molecule has 1 nitrogen and oxygen atoms in total. The van der Waals surface area contributed by atoms with Crippen LogP contribution in [0.5, 0.6) is 0 Å². The van der Waals surface area contributed by atoms with E-state index in [1.54, 1.807) is 0 Å². The zero-order valence-corrected chi connectivity index (χ0v) is 14.0. The molecule has 1 atom stereocenters. The third-order valence-electron chi connectivity index (χ3n) is 4.18. The van der Waals surface area contributed by atoms with Crippen molar-refractivity contribution in [3.63, 3.8) is 0 Å². The van der Waals surface area contributed by atoms with Gasteiger partial charge in [-0.2, -0.15) is 11.8 Å².